The molecule has 0 aliphatic heterocycles. The lowest BCUT2D eigenvalue weighted by Crippen LogP contribution is -2.21. The number of ether oxygens (including phenoxy) is 1. The van der Waals surface area contributed by atoms with Crippen molar-refractivity contribution in [3.63, 3.8) is 0 Å². The van der Waals surface area contributed by atoms with Crippen LogP contribution in [0.25, 0.3) is 10.2 Å². The van der Waals surface area contributed by atoms with Gasteiger partial charge in [0, 0.05) is 5.56 Å². The minimum atomic E-state index is -3.67. The largest absolute Gasteiger partial charge is 0.494 e. The first kappa shape index (κ1) is 20.2. The number of carbonyl (C=O) groups excluding carboxylic acids is 1. The molecule has 7 nitrogen and oxygen atoms in total. The Kier molecular flexibility index (Phi) is 5.69. The molecule has 0 radical (unpaired) electrons. The van der Waals surface area contributed by atoms with E-state index in [1.807, 2.05) is 25.1 Å². The van der Waals surface area contributed by atoms with Crippen LogP contribution >= 0.6 is 11.3 Å². The number of hydrogen-bond donors (Lipinski definition) is 2. The van der Waals surface area contributed by atoms with Gasteiger partial charge in [-0.15, -0.1) is 0 Å². The first-order chi connectivity index (χ1) is 13.2. The maximum absolute atomic E-state index is 12.7. The second kappa shape index (κ2) is 7.86. The van der Waals surface area contributed by atoms with Crippen molar-refractivity contribution in [2.24, 2.45) is 0 Å². The van der Waals surface area contributed by atoms with Gasteiger partial charge in [-0.1, -0.05) is 11.3 Å². The number of thiazole rings is 1. The van der Waals surface area contributed by atoms with E-state index in [4.69, 9.17) is 4.74 Å². The van der Waals surface area contributed by atoms with Gasteiger partial charge in [-0.2, -0.15) is 0 Å². The average Bonchev–Trinajstić information content (AvgIpc) is 3.05. The van der Waals surface area contributed by atoms with E-state index in [1.165, 1.54) is 24.5 Å². The van der Waals surface area contributed by atoms with Crippen molar-refractivity contribution in [1.29, 1.82) is 0 Å². The van der Waals surface area contributed by atoms with E-state index in [0.717, 1.165) is 16.0 Å². The minimum Gasteiger partial charge on any atom is -0.494 e. The molecule has 0 saturated carbocycles. The molecule has 0 bridgehead atoms. The molecule has 1 heterocycles. The number of rotatable bonds is 6. The van der Waals surface area contributed by atoms with Crippen molar-refractivity contribution in [1.82, 2.24) is 9.71 Å². The summed E-state index contributed by atoms with van der Waals surface area (Å²) >= 11 is 1.33. The molecule has 3 aromatic rings. The van der Waals surface area contributed by atoms with Gasteiger partial charge in [-0.05, 0) is 69.3 Å². The van der Waals surface area contributed by atoms with Crippen molar-refractivity contribution < 1.29 is 17.9 Å². The molecular formula is C19H21N3O4S2. The number of anilines is 1. The molecule has 0 fully saturated rings. The van der Waals surface area contributed by atoms with E-state index in [2.05, 4.69) is 15.0 Å². The van der Waals surface area contributed by atoms with Crippen molar-refractivity contribution in [3.8, 4) is 5.75 Å². The van der Waals surface area contributed by atoms with E-state index in [-0.39, 0.29) is 10.5 Å². The topological polar surface area (TPSA) is 97.4 Å². The average molecular weight is 420 g/mol. The van der Waals surface area contributed by atoms with Crippen LogP contribution < -0.4 is 14.8 Å². The highest BCUT2D eigenvalue weighted by Gasteiger charge is 2.20. The van der Waals surface area contributed by atoms with Crippen LogP contribution in [0.5, 0.6) is 5.75 Å². The number of aromatic nitrogens is 1. The Morgan fingerprint density at radius 1 is 1.21 bits per heavy atom. The molecule has 0 aliphatic rings. The predicted octanol–water partition coefficient (Wildman–Crippen LogP) is 3.47. The van der Waals surface area contributed by atoms with Gasteiger partial charge < -0.3 is 4.74 Å². The normalized spacial score (nSPS) is 11.6. The van der Waals surface area contributed by atoms with Crippen LogP contribution in [0.4, 0.5) is 5.13 Å². The Hall–Kier alpha value is -2.49. The first-order valence-electron chi connectivity index (χ1n) is 8.64. The van der Waals surface area contributed by atoms with Gasteiger partial charge in [0.05, 0.1) is 21.7 Å². The fourth-order valence-electron chi connectivity index (χ4n) is 2.73. The highest BCUT2D eigenvalue weighted by atomic mass is 32.2. The molecule has 1 amide bonds. The molecule has 28 heavy (non-hydrogen) atoms. The summed E-state index contributed by atoms with van der Waals surface area (Å²) in [5.74, 6) is 0.326. The molecule has 2 aromatic carbocycles. The third-order valence-electron chi connectivity index (χ3n) is 4.33. The summed E-state index contributed by atoms with van der Waals surface area (Å²) in [5.41, 5.74) is 2.33. The Balaban J connectivity index is 1.92. The quantitative estimate of drug-likeness (QED) is 0.638. The zero-order valence-electron chi connectivity index (χ0n) is 16.0. The molecule has 0 aliphatic carbocycles. The van der Waals surface area contributed by atoms with Crippen LogP contribution in [0.3, 0.4) is 0 Å². The van der Waals surface area contributed by atoms with Crippen LogP contribution in [0.1, 0.15) is 28.4 Å². The first-order valence-corrected chi connectivity index (χ1v) is 10.9. The number of carbonyl (C=O) groups is 1. The fourth-order valence-corrected chi connectivity index (χ4v) is 4.69. The van der Waals surface area contributed by atoms with Crippen LogP contribution in [0.2, 0.25) is 0 Å². The summed E-state index contributed by atoms with van der Waals surface area (Å²) in [4.78, 5) is 17.2. The van der Waals surface area contributed by atoms with E-state index in [9.17, 15) is 13.2 Å². The summed E-state index contributed by atoms with van der Waals surface area (Å²) in [5, 5.41) is 3.19. The molecule has 9 heteroatoms. The Morgan fingerprint density at radius 3 is 2.64 bits per heavy atom. The van der Waals surface area contributed by atoms with E-state index < -0.39 is 15.9 Å². The van der Waals surface area contributed by atoms with Crippen LogP contribution in [-0.4, -0.2) is 33.0 Å². The molecule has 148 valence electrons. The summed E-state index contributed by atoms with van der Waals surface area (Å²) in [6.45, 7) is 5.96. The van der Waals surface area contributed by atoms with Crippen LogP contribution in [0.15, 0.2) is 35.2 Å². The van der Waals surface area contributed by atoms with E-state index in [0.29, 0.717) is 22.9 Å². The molecule has 0 spiro atoms. The zero-order valence-corrected chi connectivity index (χ0v) is 17.6. The Bertz CT molecular complexity index is 1150. The fraction of sp³-hybridized carbons (Fsp3) is 0.263. The molecule has 1 aromatic heterocycles. The Morgan fingerprint density at radius 2 is 1.96 bits per heavy atom. The lowest BCUT2D eigenvalue weighted by atomic mass is 10.1. The third-order valence-corrected chi connectivity index (χ3v) is 6.81. The van der Waals surface area contributed by atoms with Gasteiger partial charge in [0.2, 0.25) is 10.0 Å². The number of nitrogens with one attached hydrogen (secondary N) is 2. The maximum Gasteiger partial charge on any atom is 0.257 e. The zero-order chi connectivity index (χ0) is 20.5. The molecule has 0 unspecified atom stereocenters. The monoisotopic (exact) mass is 419 g/mol. The number of amides is 1. The number of sulfonamides is 1. The predicted molar refractivity (Wildman–Crippen MR) is 111 cm³/mol. The van der Waals surface area contributed by atoms with Gasteiger partial charge in [-0.3, -0.25) is 10.1 Å². The maximum atomic E-state index is 12.7. The minimum absolute atomic E-state index is 0.0887. The molecule has 2 N–H and O–H groups in total. The highest BCUT2D eigenvalue weighted by molar-refractivity contribution is 7.89. The summed E-state index contributed by atoms with van der Waals surface area (Å²) in [7, 11) is -2.33. The number of hydrogen-bond acceptors (Lipinski definition) is 6. The summed E-state index contributed by atoms with van der Waals surface area (Å²) in [6.07, 6.45) is 0. The van der Waals surface area contributed by atoms with Gasteiger partial charge in [0.15, 0.2) is 5.13 Å². The highest BCUT2D eigenvalue weighted by Crippen LogP contribution is 2.30. The molecule has 3 rings (SSSR count). The molecule has 0 saturated heterocycles. The lowest BCUT2D eigenvalue weighted by molar-refractivity contribution is 0.102. The number of fused-ring (bicyclic) bond motifs is 1. The standard InChI is InChI=1S/C19H21N3O4S2/c1-5-26-14-6-7-15-16(10-14)27-19(21-15)22-18(23)13-8-11(2)12(3)17(9-13)28(24,25)20-4/h6-10,20H,5H2,1-4H3,(H,21,22,23). The molecule has 0 atom stereocenters. The number of benzene rings is 2. The third kappa shape index (κ3) is 4.01. The summed E-state index contributed by atoms with van der Waals surface area (Å²) < 4.78 is 33.2. The van der Waals surface area contributed by atoms with Crippen molar-refractivity contribution in [2.45, 2.75) is 25.7 Å². The van der Waals surface area contributed by atoms with E-state index >= 15 is 0 Å². The van der Waals surface area contributed by atoms with Crippen molar-refractivity contribution in [2.75, 3.05) is 19.0 Å². The summed E-state index contributed by atoms with van der Waals surface area (Å²) in [6, 6.07) is 8.58. The van der Waals surface area contributed by atoms with Crippen LogP contribution in [0, 0.1) is 13.8 Å². The SMILES string of the molecule is CCOc1ccc2nc(NC(=O)c3cc(C)c(C)c(S(=O)(=O)NC)c3)sc2c1. The van der Waals surface area contributed by atoms with Gasteiger partial charge in [0.1, 0.15) is 5.75 Å². The van der Waals surface area contributed by atoms with E-state index in [1.54, 1.807) is 19.9 Å². The van der Waals surface area contributed by atoms with Crippen LogP contribution in [-0.2, 0) is 10.0 Å². The van der Waals surface area contributed by atoms with Crippen molar-refractivity contribution in [3.05, 3.63) is 47.0 Å². The number of aryl methyl sites for hydroxylation is 1. The smallest absolute Gasteiger partial charge is 0.257 e. The van der Waals surface area contributed by atoms with Gasteiger partial charge in [0.25, 0.3) is 5.91 Å². The second-order valence-electron chi connectivity index (χ2n) is 6.16. The lowest BCUT2D eigenvalue weighted by Gasteiger charge is -2.12. The second-order valence-corrected chi connectivity index (χ2v) is 9.05. The van der Waals surface area contributed by atoms with Crippen molar-refractivity contribution >= 4 is 42.6 Å². The number of nitrogens with zero attached hydrogens (tertiary/aromatic N) is 1. The van der Waals surface area contributed by atoms with Gasteiger partial charge in [-0.25, -0.2) is 18.1 Å². The molecular weight excluding hydrogens is 398 g/mol. The Labute approximate surface area is 167 Å². The van der Waals surface area contributed by atoms with Gasteiger partial charge >= 0.3 is 0 Å².